The fourth-order valence-electron chi connectivity index (χ4n) is 2.58. The van der Waals surface area contributed by atoms with E-state index in [1.54, 1.807) is 37.4 Å². The van der Waals surface area contributed by atoms with Gasteiger partial charge in [-0.05, 0) is 48.4 Å². The molecular formula is C20H20N4O3. The van der Waals surface area contributed by atoms with Crippen LogP contribution < -0.4 is 15.7 Å². The van der Waals surface area contributed by atoms with Gasteiger partial charge in [-0.2, -0.15) is 10.1 Å². The zero-order chi connectivity index (χ0) is 19.2. The van der Waals surface area contributed by atoms with Gasteiger partial charge in [-0.1, -0.05) is 19.1 Å². The number of aromatic nitrogens is 3. The number of nitrogens with zero attached hydrogens (tertiary/aromatic N) is 3. The fraction of sp³-hybridized carbons (Fsp3) is 0.200. The van der Waals surface area contributed by atoms with E-state index >= 15 is 0 Å². The van der Waals surface area contributed by atoms with Gasteiger partial charge >= 0.3 is 5.69 Å². The summed E-state index contributed by atoms with van der Waals surface area (Å²) in [6, 6.07) is 14.7. The lowest BCUT2D eigenvalue weighted by Gasteiger charge is -2.08. The van der Waals surface area contributed by atoms with Crippen LogP contribution in [0.2, 0.25) is 0 Å². The lowest BCUT2D eigenvalue weighted by atomic mass is 10.1. The van der Waals surface area contributed by atoms with Crippen LogP contribution in [0.4, 0.5) is 5.69 Å². The van der Waals surface area contributed by atoms with Crippen molar-refractivity contribution in [3.05, 3.63) is 70.8 Å². The molecule has 1 N–H and O–H groups in total. The number of hydrogen-bond donors (Lipinski definition) is 1. The molecule has 27 heavy (non-hydrogen) atoms. The molecule has 0 saturated heterocycles. The highest BCUT2D eigenvalue weighted by Gasteiger charge is 2.09. The lowest BCUT2D eigenvalue weighted by molar-refractivity contribution is -0.117. The molecule has 0 aliphatic rings. The van der Waals surface area contributed by atoms with Gasteiger partial charge in [0.05, 0.1) is 19.0 Å². The average Bonchev–Trinajstić information content (AvgIpc) is 2.69. The minimum Gasteiger partial charge on any atom is -0.497 e. The molecule has 3 rings (SSSR count). The van der Waals surface area contributed by atoms with Crippen molar-refractivity contribution in [3.63, 3.8) is 0 Å². The minimum absolute atomic E-state index is 0.203. The van der Waals surface area contributed by atoms with E-state index in [0.29, 0.717) is 17.1 Å². The van der Waals surface area contributed by atoms with Crippen molar-refractivity contribution < 1.29 is 9.53 Å². The number of anilines is 1. The van der Waals surface area contributed by atoms with Crippen LogP contribution >= 0.6 is 0 Å². The summed E-state index contributed by atoms with van der Waals surface area (Å²) in [4.78, 5) is 28.4. The average molecular weight is 364 g/mol. The molecule has 0 spiro atoms. The normalized spacial score (nSPS) is 10.4. The molecule has 1 amide bonds. The topological polar surface area (TPSA) is 86.1 Å². The van der Waals surface area contributed by atoms with Crippen LogP contribution in [0.5, 0.6) is 5.75 Å². The third kappa shape index (κ3) is 4.58. The standard InChI is InChI=1S/C20H20N4O3/c1-3-14-5-4-6-16(11-14)22-19(25)13-24-20(26)23-18(12-21-24)15-7-9-17(27-2)10-8-15/h4-12H,3,13H2,1-2H3,(H,22,25). The van der Waals surface area contributed by atoms with E-state index in [2.05, 4.69) is 15.4 Å². The number of aryl methyl sites for hydroxylation is 1. The largest absolute Gasteiger partial charge is 0.497 e. The van der Waals surface area contributed by atoms with Gasteiger partial charge in [0.25, 0.3) is 0 Å². The van der Waals surface area contributed by atoms with Crippen molar-refractivity contribution in [2.75, 3.05) is 12.4 Å². The molecule has 138 valence electrons. The highest BCUT2D eigenvalue weighted by molar-refractivity contribution is 5.90. The molecule has 0 saturated carbocycles. The summed E-state index contributed by atoms with van der Waals surface area (Å²) >= 11 is 0. The first-order valence-corrected chi connectivity index (χ1v) is 8.56. The number of carbonyl (C=O) groups is 1. The van der Waals surface area contributed by atoms with Gasteiger partial charge in [-0.3, -0.25) is 4.79 Å². The Balaban J connectivity index is 1.71. The maximum absolute atomic E-state index is 12.2. The Morgan fingerprint density at radius 1 is 1.19 bits per heavy atom. The molecular weight excluding hydrogens is 344 g/mol. The number of methoxy groups -OCH3 is 1. The number of ether oxygens (including phenoxy) is 1. The second-order valence-electron chi connectivity index (χ2n) is 5.91. The third-order valence-corrected chi connectivity index (χ3v) is 4.05. The van der Waals surface area contributed by atoms with Crippen LogP contribution in [0.1, 0.15) is 12.5 Å². The van der Waals surface area contributed by atoms with Crippen LogP contribution in [0.3, 0.4) is 0 Å². The molecule has 3 aromatic rings. The highest BCUT2D eigenvalue weighted by atomic mass is 16.5. The molecule has 7 nitrogen and oxygen atoms in total. The van der Waals surface area contributed by atoms with Crippen molar-refractivity contribution in [1.82, 2.24) is 14.8 Å². The molecule has 7 heteroatoms. The van der Waals surface area contributed by atoms with Crippen LogP contribution in [-0.4, -0.2) is 27.8 Å². The number of nitrogens with one attached hydrogen (secondary N) is 1. The van der Waals surface area contributed by atoms with Gasteiger partial charge in [0, 0.05) is 11.3 Å². The van der Waals surface area contributed by atoms with Crippen LogP contribution in [0.15, 0.2) is 59.5 Å². The Morgan fingerprint density at radius 2 is 1.96 bits per heavy atom. The maximum Gasteiger partial charge on any atom is 0.365 e. The predicted molar refractivity (Wildman–Crippen MR) is 103 cm³/mol. The van der Waals surface area contributed by atoms with Crippen molar-refractivity contribution >= 4 is 11.6 Å². The Bertz CT molecular complexity index is 997. The number of carbonyl (C=O) groups excluding carboxylic acids is 1. The minimum atomic E-state index is -0.583. The molecule has 1 aromatic heterocycles. The molecule has 0 bridgehead atoms. The Labute approximate surface area is 156 Å². The Hall–Kier alpha value is -3.48. The van der Waals surface area contributed by atoms with Crippen LogP contribution in [0.25, 0.3) is 11.3 Å². The highest BCUT2D eigenvalue weighted by Crippen LogP contribution is 2.18. The maximum atomic E-state index is 12.2. The van der Waals surface area contributed by atoms with E-state index in [0.717, 1.165) is 22.2 Å². The van der Waals surface area contributed by atoms with E-state index in [1.165, 1.54) is 6.20 Å². The van der Waals surface area contributed by atoms with Gasteiger partial charge in [0.15, 0.2) is 0 Å². The Kier molecular flexibility index (Phi) is 5.61. The van der Waals surface area contributed by atoms with Gasteiger partial charge < -0.3 is 10.1 Å². The molecule has 2 aromatic carbocycles. The summed E-state index contributed by atoms with van der Waals surface area (Å²) in [6.07, 6.45) is 2.34. The number of amides is 1. The molecule has 0 unspecified atom stereocenters. The zero-order valence-corrected chi connectivity index (χ0v) is 15.2. The smallest absolute Gasteiger partial charge is 0.365 e. The predicted octanol–water partition coefficient (Wildman–Crippen LogP) is 2.52. The molecule has 0 fully saturated rings. The fourth-order valence-corrected chi connectivity index (χ4v) is 2.58. The van der Waals surface area contributed by atoms with Gasteiger partial charge in [0.1, 0.15) is 12.3 Å². The van der Waals surface area contributed by atoms with Crippen LogP contribution in [0, 0.1) is 0 Å². The summed E-state index contributed by atoms with van der Waals surface area (Å²) in [7, 11) is 1.58. The van der Waals surface area contributed by atoms with Gasteiger partial charge in [-0.15, -0.1) is 0 Å². The number of hydrogen-bond acceptors (Lipinski definition) is 5. The zero-order valence-electron chi connectivity index (χ0n) is 15.2. The number of benzene rings is 2. The van der Waals surface area contributed by atoms with Crippen LogP contribution in [-0.2, 0) is 17.8 Å². The molecule has 0 radical (unpaired) electrons. The van der Waals surface area contributed by atoms with E-state index in [4.69, 9.17) is 4.74 Å². The van der Waals surface area contributed by atoms with Crippen molar-refractivity contribution in [2.24, 2.45) is 0 Å². The summed E-state index contributed by atoms with van der Waals surface area (Å²) in [5, 5.41) is 6.83. The van der Waals surface area contributed by atoms with Gasteiger partial charge in [0.2, 0.25) is 5.91 Å². The van der Waals surface area contributed by atoms with E-state index < -0.39 is 5.69 Å². The summed E-state index contributed by atoms with van der Waals surface area (Å²) in [5.74, 6) is 0.376. The molecule has 0 aliphatic heterocycles. The SMILES string of the molecule is CCc1cccc(NC(=O)Cn2ncc(-c3ccc(OC)cc3)nc2=O)c1. The first kappa shape index (κ1) is 18.3. The van der Waals surface area contributed by atoms with E-state index in [9.17, 15) is 9.59 Å². The summed E-state index contributed by atoms with van der Waals surface area (Å²) < 4.78 is 6.14. The van der Waals surface area contributed by atoms with E-state index in [-0.39, 0.29) is 12.5 Å². The van der Waals surface area contributed by atoms with Crippen molar-refractivity contribution in [2.45, 2.75) is 19.9 Å². The van der Waals surface area contributed by atoms with Crippen molar-refractivity contribution in [1.29, 1.82) is 0 Å². The molecule has 0 aliphatic carbocycles. The van der Waals surface area contributed by atoms with Crippen molar-refractivity contribution in [3.8, 4) is 17.0 Å². The van der Waals surface area contributed by atoms with Gasteiger partial charge in [-0.25, -0.2) is 9.48 Å². The molecule has 1 heterocycles. The first-order valence-electron chi connectivity index (χ1n) is 8.56. The first-order chi connectivity index (χ1) is 13.1. The second-order valence-corrected chi connectivity index (χ2v) is 5.91. The monoisotopic (exact) mass is 364 g/mol. The second kappa shape index (κ2) is 8.27. The van der Waals surface area contributed by atoms with E-state index in [1.807, 2.05) is 25.1 Å². The quantitative estimate of drug-likeness (QED) is 0.726. The lowest BCUT2D eigenvalue weighted by Crippen LogP contribution is -2.31. The summed E-state index contributed by atoms with van der Waals surface area (Å²) in [6.45, 7) is 1.84. The Morgan fingerprint density at radius 3 is 2.63 bits per heavy atom. The third-order valence-electron chi connectivity index (χ3n) is 4.05. The number of rotatable bonds is 6. The molecule has 0 atom stereocenters. The summed E-state index contributed by atoms with van der Waals surface area (Å²) in [5.41, 5.74) is 2.41.